The lowest BCUT2D eigenvalue weighted by molar-refractivity contribution is 0.627. The maximum Gasteiger partial charge on any atom is 0.0264 e. The van der Waals surface area contributed by atoms with E-state index < -0.39 is 0 Å². The molecule has 0 spiro atoms. The molecule has 60 valence electrons. The van der Waals surface area contributed by atoms with E-state index in [-0.39, 0.29) is 0 Å². The van der Waals surface area contributed by atoms with Crippen LogP contribution in [0.4, 0.5) is 0 Å². The van der Waals surface area contributed by atoms with E-state index in [2.05, 4.69) is 12.2 Å². The molecule has 1 nitrogen and oxygen atoms in total. The summed E-state index contributed by atoms with van der Waals surface area (Å²) in [4.78, 5) is 0. The van der Waals surface area contributed by atoms with E-state index in [0.29, 0.717) is 6.04 Å². The molecule has 0 amide bonds. The van der Waals surface area contributed by atoms with E-state index in [1.807, 2.05) is 0 Å². The molecule has 0 aromatic carbocycles. The van der Waals surface area contributed by atoms with Crippen LogP contribution in [0.5, 0.6) is 0 Å². The van der Waals surface area contributed by atoms with Gasteiger partial charge < -0.3 is 5.73 Å². The summed E-state index contributed by atoms with van der Waals surface area (Å²) in [5, 5.41) is 0. The predicted molar refractivity (Wildman–Crippen MR) is 47.2 cm³/mol. The van der Waals surface area contributed by atoms with Gasteiger partial charge in [0.25, 0.3) is 0 Å². The fourth-order valence-corrected chi connectivity index (χ4v) is 2.02. The van der Waals surface area contributed by atoms with Crippen LogP contribution in [-0.4, -0.2) is 6.04 Å². The van der Waals surface area contributed by atoms with Crippen molar-refractivity contribution in [3.63, 3.8) is 0 Å². The topological polar surface area (TPSA) is 26.0 Å². The minimum absolute atomic E-state index is 0.298. The van der Waals surface area contributed by atoms with Crippen molar-refractivity contribution in [2.45, 2.75) is 38.1 Å². The minimum atomic E-state index is 0.298. The van der Waals surface area contributed by atoms with E-state index in [4.69, 9.17) is 5.73 Å². The van der Waals surface area contributed by atoms with Gasteiger partial charge in [-0.15, -0.1) is 0 Å². The highest BCUT2D eigenvalue weighted by Gasteiger charge is 2.15. The molecule has 0 fully saturated rings. The van der Waals surface area contributed by atoms with Crippen molar-refractivity contribution in [3.05, 3.63) is 23.3 Å². The highest BCUT2D eigenvalue weighted by atomic mass is 14.6. The summed E-state index contributed by atoms with van der Waals surface area (Å²) < 4.78 is 0. The van der Waals surface area contributed by atoms with Gasteiger partial charge in [0, 0.05) is 6.04 Å². The van der Waals surface area contributed by atoms with Gasteiger partial charge in [0.05, 0.1) is 0 Å². The van der Waals surface area contributed by atoms with Crippen molar-refractivity contribution in [1.82, 2.24) is 0 Å². The van der Waals surface area contributed by atoms with Crippen LogP contribution < -0.4 is 5.73 Å². The van der Waals surface area contributed by atoms with Crippen LogP contribution in [0.3, 0.4) is 0 Å². The number of rotatable bonds is 0. The van der Waals surface area contributed by atoms with Gasteiger partial charge in [0.15, 0.2) is 0 Å². The zero-order chi connectivity index (χ0) is 7.68. The fraction of sp³-hybridized carbons (Fsp3) is 0.600. The molecule has 0 aliphatic heterocycles. The Bertz CT molecular complexity index is 213. The average Bonchev–Trinajstić information content (AvgIpc) is 2.04. The molecule has 0 saturated carbocycles. The SMILES string of the molecule is NC1C=CC2=C(CCCC2)C1. The lowest BCUT2D eigenvalue weighted by Gasteiger charge is -2.23. The smallest absolute Gasteiger partial charge is 0.0264 e. The quantitative estimate of drug-likeness (QED) is 0.561. The summed E-state index contributed by atoms with van der Waals surface area (Å²) in [5.41, 5.74) is 9.03. The molecule has 1 heteroatoms. The Labute approximate surface area is 68.0 Å². The molecule has 1 unspecified atom stereocenters. The molecular weight excluding hydrogens is 134 g/mol. The third-order valence-electron chi connectivity index (χ3n) is 2.66. The Morgan fingerprint density at radius 1 is 1.27 bits per heavy atom. The molecule has 0 aromatic heterocycles. The van der Waals surface area contributed by atoms with E-state index >= 15 is 0 Å². The zero-order valence-corrected chi connectivity index (χ0v) is 6.84. The van der Waals surface area contributed by atoms with Crippen molar-refractivity contribution in [3.8, 4) is 0 Å². The molecule has 2 N–H and O–H groups in total. The van der Waals surface area contributed by atoms with Gasteiger partial charge in [-0.2, -0.15) is 0 Å². The van der Waals surface area contributed by atoms with Crippen LogP contribution in [0.25, 0.3) is 0 Å². The first-order valence-electron chi connectivity index (χ1n) is 4.51. The molecule has 0 heterocycles. The standard InChI is InChI=1S/C10H15N/c11-10-6-5-8-3-1-2-4-9(8)7-10/h5-6,10H,1-4,7,11H2. The van der Waals surface area contributed by atoms with Gasteiger partial charge in [-0.1, -0.05) is 17.7 Å². The predicted octanol–water partition coefficient (Wildman–Crippen LogP) is 2.14. The van der Waals surface area contributed by atoms with Crippen molar-refractivity contribution in [2.75, 3.05) is 0 Å². The fourth-order valence-electron chi connectivity index (χ4n) is 2.02. The van der Waals surface area contributed by atoms with Crippen LogP contribution in [0.15, 0.2) is 23.3 Å². The lowest BCUT2D eigenvalue weighted by Crippen LogP contribution is -2.21. The lowest BCUT2D eigenvalue weighted by atomic mass is 9.84. The maximum absolute atomic E-state index is 5.82. The zero-order valence-electron chi connectivity index (χ0n) is 6.84. The van der Waals surface area contributed by atoms with Gasteiger partial charge in [-0.3, -0.25) is 0 Å². The summed E-state index contributed by atoms with van der Waals surface area (Å²) >= 11 is 0. The van der Waals surface area contributed by atoms with E-state index in [1.165, 1.54) is 25.7 Å². The normalized spacial score (nSPS) is 30.5. The summed E-state index contributed by atoms with van der Waals surface area (Å²) in [6.45, 7) is 0. The second kappa shape index (κ2) is 2.82. The monoisotopic (exact) mass is 149 g/mol. The third-order valence-corrected chi connectivity index (χ3v) is 2.66. The first-order valence-corrected chi connectivity index (χ1v) is 4.51. The Morgan fingerprint density at radius 3 is 3.00 bits per heavy atom. The largest absolute Gasteiger partial charge is 0.324 e. The van der Waals surface area contributed by atoms with E-state index in [9.17, 15) is 0 Å². The van der Waals surface area contributed by atoms with E-state index in [1.54, 1.807) is 11.1 Å². The van der Waals surface area contributed by atoms with E-state index in [0.717, 1.165) is 6.42 Å². The van der Waals surface area contributed by atoms with Crippen LogP contribution in [0.1, 0.15) is 32.1 Å². The molecule has 2 aliphatic carbocycles. The van der Waals surface area contributed by atoms with Gasteiger partial charge >= 0.3 is 0 Å². The van der Waals surface area contributed by atoms with Crippen LogP contribution in [-0.2, 0) is 0 Å². The van der Waals surface area contributed by atoms with Gasteiger partial charge in [0.1, 0.15) is 0 Å². The molecule has 0 bridgehead atoms. The number of hydrogen-bond donors (Lipinski definition) is 1. The Hall–Kier alpha value is -0.560. The maximum atomic E-state index is 5.82. The minimum Gasteiger partial charge on any atom is -0.324 e. The number of nitrogens with two attached hydrogens (primary N) is 1. The molecule has 1 atom stereocenters. The summed E-state index contributed by atoms with van der Waals surface area (Å²) in [5.74, 6) is 0. The molecule has 11 heavy (non-hydrogen) atoms. The van der Waals surface area contributed by atoms with Gasteiger partial charge in [-0.05, 0) is 37.7 Å². The van der Waals surface area contributed by atoms with Crippen LogP contribution in [0.2, 0.25) is 0 Å². The second-order valence-electron chi connectivity index (χ2n) is 3.56. The highest BCUT2D eigenvalue weighted by molar-refractivity contribution is 5.33. The van der Waals surface area contributed by atoms with Gasteiger partial charge in [0.2, 0.25) is 0 Å². The Kier molecular flexibility index (Phi) is 1.82. The molecule has 0 saturated heterocycles. The van der Waals surface area contributed by atoms with Gasteiger partial charge in [-0.25, -0.2) is 0 Å². The second-order valence-corrected chi connectivity index (χ2v) is 3.56. The highest BCUT2D eigenvalue weighted by Crippen LogP contribution is 2.31. The van der Waals surface area contributed by atoms with Crippen molar-refractivity contribution >= 4 is 0 Å². The Balaban J connectivity index is 2.20. The Morgan fingerprint density at radius 2 is 2.09 bits per heavy atom. The first kappa shape index (κ1) is 7.11. The average molecular weight is 149 g/mol. The van der Waals surface area contributed by atoms with Crippen molar-refractivity contribution in [1.29, 1.82) is 0 Å². The number of allylic oxidation sites excluding steroid dienone is 2. The summed E-state index contributed by atoms with van der Waals surface area (Å²) in [6, 6.07) is 0.298. The summed E-state index contributed by atoms with van der Waals surface area (Å²) in [7, 11) is 0. The molecular formula is C10H15N. The molecule has 2 rings (SSSR count). The first-order chi connectivity index (χ1) is 5.36. The number of hydrogen-bond acceptors (Lipinski definition) is 1. The molecule has 0 aromatic rings. The molecule has 2 aliphatic rings. The summed E-state index contributed by atoms with van der Waals surface area (Å²) in [6.07, 6.45) is 10.8. The van der Waals surface area contributed by atoms with Crippen LogP contribution >= 0.6 is 0 Å². The van der Waals surface area contributed by atoms with Crippen molar-refractivity contribution in [2.24, 2.45) is 5.73 Å². The van der Waals surface area contributed by atoms with Crippen LogP contribution in [0, 0.1) is 0 Å². The van der Waals surface area contributed by atoms with Crippen molar-refractivity contribution < 1.29 is 0 Å². The molecule has 0 radical (unpaired) electrons. The third kappa shape index (κ3) is 1.38.